The molecule has 1 aromatic heterocycles. The van der Waals surface area contributed by atoms with Crippen LogP contribution in [0, 0.1) is 0 Å². The summed E-state index contributed by atoms with van der Waals surface area (Å²) in [5.74, 6) is 0.922. The highest BCUT2D eigenvalue weighted by molar-refractivity contribution is 8.01. The SMILES string of the molecule is CC(Oc1ccccc1Cl)C(=O)Nc1nnc(SC/C=C/c2ccccc2)s1. The van der Waals surface area contributed by atoms with Crippen LogP contribution in [0.3, 0.4) is 0 Å². The number of nitrogens with one attached hydrogen (secondary N) is 1. The zero-order valence-electron chi connectivity index (χ0n) is 15.0. The van der Waals surface area contributed by atoms with Crippen molar-refractivity contribution in [2.24, 2.45) is 0 Å². The summed E-state index contributed by atoms with van der Waals surface area (Å²) in [6.07, 6.45) is 3.41. The molecule has 1 heterocycles. The van der Waals surface area contributed by atoms with E-state index in [2.05, 4.69) is 27.7 Å². The van der Waals surface area contributed by atoms with Crippen LogP contribution in [0.4, 0.5) is 5.13 Å². The molecule has 3 aromatic rings. The van der Waals surface area contributed by atoms with Crippen LogP contribution in [-0.4, -0.2) is 28.0 Å². The highest BCUT2D eigenvalue weighted by Crippen LogP contribution is 2.27. The van der Waals surface area contributed by atoms with Crippen LogP contribution in [0.25, 0.3) is 6.08 Å². The van der Waals surface area contributed by atoms with Crippen LogP contribution in [0.15, 0.2) is 65.0 Å². The molecule has 0 spiro atoms. The minimum Gasteiger partial charge on any atom is -0.479 e. The van der Waals surface area contributed by atoms with Crippen LogP contribution in [0.1, 0.15) is 12.5 Å². The molecule has 0 saturated carbocycles. The maximum absolute atomic E-state index is 12.3. The van der Waals surface area contributed by atoms with Crippen molar-refractivity contribution < 1.29 is 9.53 Å². The first-order valence-electron chi connectivity index (χ1n) is 8.52. The molecular formula is C20H18ClN3O2S2. The molecule has 1 amide bonds. The number of thioether (sulfide) groups is 1. The number of aromatic nitrogens is 2. The Morgan fingerprint density at radius 1 is 1.21 bits per heavy atom. The normalized spacial score (nSPS) is 12.1. The average Bonchev–Trinajstić information content (AvgIpc) is 3.15. The van der Waals surface area contributed by atoms with E-state index in [-0.39, 0.29) is 5.91 Å². The lowest BCUT2D eigenvalue weighted by Crippen LogP contribution is -2.30. The summed E-state index contributed by atoms with van der Waals surface area (Å²) in [5.41, 5.74) is 1.15. The molecular weight excluding hydrogens is 414 g/mol. The highest BCUT2D eigenvalue weighted by atomic mass is 35.5. The van der Waals surface area contributed by atoms with Crippen molar-refractivity contribution in [1.29, 1.82) is 0 Å². The van der Waals surface area contributed by atoms with Gasteiger partial charge in [0.25, 0.3) is 5.91 Å². The Morgan fingerprint density at radius 3 is 2.75 bits per heavy atom. The molecule has 0 fully saturated rings. The average molecular weight is 432 g/mol. The van der Waals surface area contributed by atoms with Gasteiger partial charge in [0.05, 0.1) is 5.02 Å². The zero-order chi connectivity index (χ0) is 19.8. The molecule has 144 valence electrons. The monoisotopic (exact) mass is 431 g/mol. The first kappa shape index (κ1) is 20.4. The molecule has 28 heavy (non-hydrogen) atoms. The van der Waals surface area contributed by atoms with Gasteiger partial charge in [0.2, 0.25) is 5.13 Å². The van der Waals surface area contributed by atoms with Gasteiger partial charge < -0.3 is 4.74 Å². The number of nitrogens with zero attached hydrogens (tertiary/aromatic N) is 2. The molecule has 5 nitrogen and oxygen atoms in total. The van der Waals surface area contributed by atoms with E-state index in [4.69, 9.17) is 16.3 Å². The van der Waals surface area contributed by atoms with E-state index in [1.54, 1.807) is 43.0 Å². The molecule has 0 bridgehead atoms. The number of anilines is 1. The third-order valence-corrected chi connectivity index (χ3v) is 5.80. The summed E-state index contributed by atoms with van der Waals surface area (Å²) >= 11 is 8.94. The van der Waals surface area contributed by atoms with Crippen LogP contribution < -0.4 is 10.1 Å². The number of carbonyl (C=O) groups excluding carboxylic acids is 1. The first-order chi connectivity index (χ1) is 13.6. The summed E-state index contributed by atoms with van der Waals surface area (Å²) in [7, 11) is 0. The van der Waals surface area contributed by atoms with Gasteiger partial charge in [-0.2, -0.15) is 0 Å². The number of hydrogen-bond acceptors (Lipinski definition) is 6. The second-order valence-electron chi connectivity index (χ2n) is 5.68. The van der Waals surface area contributed by atoms with Crippen molar-refractivity contribution in [3.05, 3.63) is 71.3 Å². The van der Waals surface area contributed by atoms with Gasteiger partial charge >= 0.3 is 0 Å². The summed E-state index contributed by atoms with van der Waals surface area (Å²) in [5, 5.41) is 11.7. The predicted molar refractivity (Wildman–Crippen MR) is 116 cm³/mol. The van der Waals surface area contributed by atoms with Crippen molar-refractivity contribution >= 4 is 51.8 Å². The summed E-state index contributed by atoms with van der Waals surface area (Å²) in [4.78, 5) is 12.3. The lowest BCUT2D eigenvalue weighted by Gasteiger charge is -2.14. The van der Waals surface area contributed by atoms with Crippen molar-refractivity contribution in [2.45, 2.75) is 17.4 Å². The number of rotatable bonds is 8. The molecule has 2 aromatic carbocycles. The number of ether oxygens (including phenoxy) is 1. The second-order valence-corrected chi connectivity index (χ2v) is 8.33. The fraction of sp³-hybridized carbons (Fsp3) is 0.150. The van der Waals surface area contributed by atoms with Gasteiger partial charge in [0.15, 0.2) is 10.4 Å². The Bertz CT molecular complexity index is 947. The van der Waals surface area contributed by atoms with Crippen molar-refractivity contribution in [3.63, 3.8) is 0 Å². The Labute approximate surface area is 176 Å². The molecule has 0 aliphatic heterocycles. The summed E-state index contributed by atoms with van der Waals surface area (Å²) < 4.78 is 6.39. The van der Waals surface area contributed by atoms with Gasteiger partial charge in [-0.25, -0.2) is 0 Å². The van der Waals surface area contributed by atoms with E-state index in [0.29, 0.717) is 15.9 Å². The second kappa shape index (κ2) is 10.3. The van der Waals surface area contributed by atoms with E-state index in [0.717, 1.165) is 15.7 Å². The van der Waals surface area contributed by atoms with Crippen molar-refractivity contribution in [3.8, 4) is 5.75 Å². The van der Waals surface area contributed by atoms with E-state index >= 15 is 0 Å². The summed E-state index contributed by atoms with van der Waals surface area (Å²) in [6, 6.07) is 17.1. The first-order valence-corrected chi connectivity index (χ1v) is 10.7. The van der Waals surface area contributed by atoms with Crippen LogP contribution in [-0.2, 0) is 4.79 Å². The Hall–Kier alpha value is -2.35. The third kappa shape index (κ3) is 6.09. The topological polar surface area (TPSA) is 64.1 Å². The van der Waals surface area contributed by atoms with Crippen LogP contribution in [0.2, 0.25) is 5.02 Å². The number of benzene rings is 2. The number of hydrogen-bond donors (Lipinski definition) is 1. The molecule has 1 atom stereocenters. The van der Waals surface area contributed by atoms with Gasteiger partial charge in [-0.1, -0.05) is 89.3 Å². The molecule has 1 N–H and O–H groups in total. The van der Waals surface area contributed by atoms with Crippen molar-refractivity contribution in [1.82, 2.24) is 10.2 Å². The maximum atomic E-state index is 12.3. The Balaban J connectivity index is 1.47. The molecule has 3 rings (SSSR count). The molecule has 0 aliphatic carbocycles. The summed E-state index contributed by atoms with van der Waals surface area (Å²) in [6.45, 7) is 1.66. The third-order valence-electron chi connectivity index (χ3n) is 3.56. The van der Waals surface area contributed by atoms with Gasteiger partial charge in [-0.3, -0.25) is 10.1 Å². The standard InChI is InChI=1S/C20H18ClN3O2S2/c1-14(26-17-12-6-5-11-16(17)21)18(25)22-19-23-24-20(28-19)27-13-7-10-15-8-3-2-4-9-15/h2-12,14H,13H2,1H3,(H,22,23,25)/b10-7+. The smallest absolute Gasteiger partial charge is 0.266 e. The molecule has 0 saturated heterocycles. The minimum atomic E-state index is -0.714. The lowest BCUT2D eigenvalue weighted by molar-refractivity contribution is -0.122. The fourth-order valence-electron chi connectivity index (χ4n) is 2.18. The van der Waals surface area contributed by atoms with Gasteiger partial charge in [0.1, 0.15) is 5.75 Å². The predicted octanol–water partition coefficient (Wildman–Crippen LogP) is 5.40. The Kier molecular flexibility index (Phi) is 7.47. The van der Waals surface area contributed by atoms with Gasteiger partial charge in [-0.15, -0.1) is 10.2 Å². The number of para-hydroxylation sites is 1. The highest BCUT2D eigenvalue weighted by Gasteiger charge is 2.18. The van der Waals surface area contributed by atoms with E-state index in [1.165, 1.54) is 11.3 Å². The molecule has 0 radical (unpaired) electrons. The van der Waals surface area contributed by atoms with E-state index < -0.39 is 6.10 Å². The van der Waals surface area contributed by atoms with Crippen LogP contribution in [0.5, 0.6) is 5.75 Å². The number of halogens is 1. The molecule has 8 heteroatoms. The largest absolute Gasteiger partial charge is 0.479 e. The lowest BCUT2D eigenvalue weighted by atomic mass is 10.2. The quantitative estimate of drug-likeness (QED) is 0.382. The minimum absolute atomic E-state index is 0.309. The number of carbonyl (C=O) groups is 1. The van der Waals surface area contributed by atoms with Gasteiger partial charge in [0, 0.05) is 5.75 Å². The Morgan fingerprint density at radius 2 is 1.96 bits per heavy atom. The number of amides is 1. The fourth-order valence-corrected chi connectivity index (χ4v) is 3.95. The molecule has 1 unspecified atom stereocenters. The zero-order valence-corrected chi connectivity index (χ0v) is 17.4. The van der Waals surface area contributed by atoms with E-state index in [9.17, 15) is 4.79 Å². The maximum Gasteiger partial charge on any atom is 0.266 e. The van der Waals surface area contributed by atoms with Crippen molar-refractivity contribution in [2.75, 3.05) is 11.1 Å². The van der Waals surface area contributed by atoms with Crippen LogP contribution >= 0.6 is 34.7 Å². The van der Waals surface area contributed by atoms with E-state index in [1.807, 2.05) is 30.3 Å². The molecule has 0 aliphatic rings. The van der Waals surface area contributed by atoms with Gasteiger partial charge in [-0.05, 0) is 24.6 Å².